The zero-order valence-electron chi connectivity index (χ0n) is 10.8. The number of hydrogen-bond acceptors (Lipinski definition) is 1. The van der Waals surface area contributed by atoms with Crippen LogP contribution in [0.3, 0.4) is 0 Å². The van der Waals surface area contributed by atoms with Crippen LogP contribution in [0, 0.1) is 0 Å². The molecule has 0 aromatic carbocycles. The molecule has 0 radical (unpaired) electrons. The Bertz CT molecular complexity index is 480. The van der Waals surface area contributed by atoms with Gasteiger partial charge < -0.3 is 0 Å². The van der Waals surface area contributed by atoms with Crippen molar-refractivity contribution in [1.82, 2.24) is 0 Å². The van der Waals surface area contributed by atoms with E-state index in [0.717, 1.165) is 23.3 Å². The van der Waals surface area contributed by atoms with E-state index in [-0.39, 0.29) is 0 Å². The summed E-state index contributed by atoms with van der Waals surface area (Å²) in [6.45, 7) is 9.73. The molecule has 1 aliphatic heterocycles. The zero-order chi connectivity index (χ0) is 13.2. The van der Waals surface area contributed by atoms with Crippen LogP contribution in [0.2, 0.25) is 0 Å². The van der Waals surface area contributed by atoms with Gasteiger partial charge in [0.2, 0.25) is 0 Å². The fourth-order valence-electron chi connectivity index (χ4n) is 1.50. The molecule has 92 valence electrons. The van der Waals surface area contributed by atoms with Gasteiger partial charge in [0.05, 0.1) is 5.71 Å². The smallest absolute Gasteiger partial charge is 0.0764 e. The Morgan fingerprint density at radius 2 is 2.17 bits per heavy atom. The number of allylic oxidation sites excluding steroid dienone is 11. The van der Waals surface area contributed by atoms with Crippen molar-refractivity contribution in [1.29, 1.82) is 0 Å². The van der Waals surface area contributed by atoms with Crippen LogP contribution in [-0.4, -0.2) is 5.71 Å². The van der Waals surface area contributed by atoms with Crippen LogP contribution < -0.4 is 0 Å². The van der Waals surface area contributed by atoms with Gasteiger partial charge in [-0.3, -0.25) is 4.99 Å². The van der Waals surface area contributed by atoms with Crippen molar-refractivity contribution in [2.75, 3.05) is 0 Å². The van der Waals surface area contributed by atoms with Crippen molar-refractivity contribution in [2.45, 2.75) is 13.3 Å². The van der Waals surface area contributed by atoms with Gasteiger partial charge in [0.1, 0.15) is 0 Å². The summed E-state index contributed by atoms with van der Waals surface area (Å²) in [7, 11) is 0. The second-order valence-electron chi connectivity index (χ2n) is 3.75. The highest BCUT2D eigenvalue weighted by Gasteiger charge is 2.05. The van der Waals surface area contributed by atoms with Crippen molar-refractivity contribution in [3.8, 4) is 0 Å². The quantitative estimate of drug-likeness (QED) is 0.631. The van der Waals surface area contributed by atoms with Crippen LogP contribution in [0.15, 0.2) is 90.2 Å². The monoisotopic (exact) mass is 237 g/mol. The highest BCUT2D eigenvalue weighted by molar-refractivity contribution is 6.15. The van der Waals surface area contributed by atoms with E-state index >= 15 is 0 Å². The summed E-state index contributed by atoms with van der Waals surface area (Å²) >= 11 is 0. The van der Waals surface area contributed by atoms with Crippen LogP contribution in [0.25, 0.3) is 0 Å². The minimum Gasteiger partial charge on any atom is -0.256 e. The lowest BCUT2D eigenvalue weighted by molar-refractivity contribution is 1.35. The Kier molecular flexibility index (Phi) is 6.20. The van der Waals surface area contributed by atoms with Gasteiger partial charge in [0, 0.05) is 6.20 Å². The number of nitrogens with zero attached hydrogens (tertiary/aromatic N) is 1. The van der Waals surface area contributed by atoms with Gasteiger partial charge in [-0.05, 0) is 24.5 Å². The van der Waals surface area contributed by atoms with Crippen molar-refractivity contribution >= 4 is 5.71 Å². The van der Waals surface area contributed by atoms with E-state index < -0.39 is 0 Å². The standard InChI is InChI=1S/C17H19N/c1-4-6-13-16(5-2)17-15(3)12-10-8-7-9-11-14-18-17/h4-8,10-14H,1,3,9H2,2H3/b8-7-,12-10-,13-6-,14-11-,16-5+,18-17+. The molecule has 0 aromatic heterocycles. The molecule has 1 heterocycles. The first-order valence-electron chi connectivity index (χ1n) is 6.00. The molecule has 0 unspecified atom stereocenters. The lowest BCUT2D eigenvalue weighted by atomic mass is 10.0. The molecular formula is C17H19N. The normalized spacial score (nSPS) is 25.3. The fraction of sp³-hybridized carbons (Fsp3) is 0.118. The summed E-state index contributed by atoms with van der Waals surface area (Å²) in [5.74, 6) is 0. The lowest BCUT2D eigenvalue weighted by Crippen LogP contribution is -2.02. The summed E-state index contributed by atoms with van der Waals surface area (Å²) in [5, 5.41) is 0. The molecule has 0 aliphatic carbocycles. The predicted molar refractivity (Wildman–Crippen MR) is 81.7 cm³/mol. The summed E-state index contributed by atoms with van der Waals surface area (Å²) in [6.07, 6.45) is 20.5. The van der Waals surface area contributed by atoms with Gasteiger partial charge in [-0.15, -0.1) is 0 Å². The summed E-state index contributed by atoms with van der Waals surface area (Å²) in [6, 6.07) is 0. The van der Waals surface area contributed by atoms with Crippen molar-refractivity contribution in [2.24, 2.45) is 4.99 Å². The van der Waals surface area contributed by atoms with Gasteiger partial charge in [-0.2, -0.15) is 0 Å². The van der Waals surface area contributed by atoms with Gasteiger partial charge in [-0.1, -0.05) is 67.8 Å². The molecule has 1 nitrogen and oxygen atoms in total. The van der Waals surface area contributed by atoms with Crippen LogP contribution in [0.1, 0.15) is 13.3 Å². The molecule has 0 bridgehead atoms. The average molecular weight is 237 g/mol. The first-order chi connectivity index (χ1) is 8.79. The maximum atomic E-state index is 4.49. The molecular weight excluding hydrogens is 218 g/mol. The Hall–Kier alpha value is -2.15. The molecule has 0 saturated heterocycles. The predicted octanol–water partition coefficient (Wildman–Crippen LogP) is 4.70. The fourth-order valence-corrected chi connectivity index (χ4v) is 1.50. The van der Waals surface area contributed by atoms with E-state index in [4.69, 9.17) is 0 Å². The molecule has 1 heteroatoms. The molecule has 18 heavy (non-hydrogen) atoms. The lowest BCUT2D eigenvalue weighted by Gasteiger charge is -2.06. The molecule has 0 atom stereocenters. The molecule has 0 N–H and O–H groups in total. The maximum Gasteiger partial charge on any atom is 0.0764 e. The Balaban J connectivity index is 3.11. The van der Waals surface area contributed by atoms with E-state index in [0.29, 0.717) is 0 Å². The third-order valence-electron chi connectivity index (χ3n) is 2.43. The summed E-state index contributed by atoms with van der Waals surface area (Å²) in [5.41, 5.74) is 2.82. The Labute approximate surface area is 110 Å². The third-order valence-corrected chi connectivity index (χ3v) is 2.43. The van der Waals surface area contributed by atoms with Crippen molar-refractivity contribution in [3.63, 3.8) is 0 Å². The van der Waals surface area contributed by atoms with Crippen molar-refractivity contribution in [3.05, 3.63) is 85.2 Å². The van der Waals surface area contributed by atoms with Gasteiger partial charge in [0.15, 0.2) is 0 Å². The number of aliphatic imine (C=N–C) groups is 1. The molecule has 0 aromatic rings. The molecule has 0 saturated carbocycles. The highest BCUT2D eigenvalue weighted by atomic mass is 14.7. The average Bonchev–Trinajstić information content (AvgIpc) is 2.39. The topological polar surface area (TPSA) is 12.4 Å². The van der Waals surface area contributed by atoms with Crippen LogP contribution in [-0.2, 0) is 0 Å². The molecule has 1 aliphatic rings. The zero-order valence-corrected chi connectivity index (χ0v) is 10.8. The second kappa shape index (κ2) is 8.02. The van der Waals surface area contributed by atoms with E-state index in [9.17, 15) is 0 Å². The molecule has 1 rings (SSSR count). The number of hydrogen-bond donors (Lipinski definition) is 0. The van der Waals surface area contributed by atoms with E-state index in [2.05, 4.69) is 24.2 Å². The largest absolute Gasteiger partial charge is 0.256 e. The van der Waals surface area contributed by atoms with E-state index in [1.807, 2.05) is 55.7 Å². The highest BCUT2D eigenvalue weighted by Crippen LogP contribution is 2.12. The first-order valence-corrected chi connectivity index (χ1v) is 6.00. The molecule has 0 amide bonds. The third kappa shape index (κ3) is 4.38. The van der Waals surface area contributed by atoms with Crippen LogP contribution >= 0.6 is 0 Å². The van der Waals surface area contributed by atoms with Crippen LogP contribution in [0.5, 0.6) is 0 Å². The summed E-state index contributed by atoms with van der Waals surface area (Å²) < 4.78 is 0. The minimum atomic E-state index is 0.887. The van der Waals surface area contributed by atoms with Gasteiger partial charge in [0.25, 0.3) is 0 Å². The van der Waals surface area contributed by atoms with E-state index in [1.165, 1.54) is 0 Å². The summed E-state index contributed by atoms with van der Waals surface area (Å²) in [4.78, 5) is 4.49. The second-order valence-corrected chi connectivity index (χ2v) is 3.75. The Morgan fingerprint density at radius 1 is 1.33 bits per heavy atom. The minimum absolute atomic E-state index is 0.887. The van der Waals surface area contributed by atoms with Gasteiger partial charge in [-0.25, -0.2) is 0 Å². The first kappa shape index (κ1) is 13.9. The number of rotatable bonds is 3. The van der Waals surface area contributed by atoms with Gasteiger partial charge >= 0.3 is 0 Å². The Morgan fingerprint density at radius 3 is 2.89 bits per heavy atom. The van der Waals surface area contributed by atoms with Crippen molar-refractivity contribution < 1.29 is 0 Å². The molecule has 0 fully saturated rings. The van der Waals surface area contributed by atoms with E-state index in [1.54, 1.807) is 6.08 Å². The maximum absolute atomic E-state index is 4.49. The van der Waals surface area contributed by atoms with Crippen LogP contribution in [0.4, 0.5) is 0 Å². The molecule has 0 spiro atoms. The SMILES string of the molecule is C=C\C=C/C(=C\C)C1=N/C=C\C/C=C\C=C/C\1=C.